The van der Waals surface area contributed by atoms with Gasteiger partial charge in [-0.25, -0.2) is 4.79 Å². The third kappa shape index (κ3) is 3.63. The van der Waals surface area contributed by atoms with Gasteiger partial charge in [0.25, 0.3) is 5.89 Å². The van der Waals surface area contributed by atoms with Crippen LogP contribution in [0.25, 0.3) is 11.5 Å². The van der Waals surface area contributed by atoms with Gasteiger partial charge in [-0.1, -0.05) is 49.3 Å². The van der Waals surface area contributed by atoms with Crippen molar-refractivity contribution in [2.45, 2.75) is 44.6 Å². The molecule has 144 valence electrons. The van der Waals surface area contributed by atoms with Crippen LogP contribution in [-0.2, 0) is 5.54 Å². The zero-order valence-corrected chi connectivity index (χ0v) is 16.1. The van der Waals surface area contributed by atoms with E-state index >= 15 is 0 Å². The molecule has 0 spiro atoms. The van der Waals surface area contributed by atoms with Gasteiger partial charge < -0.3 is 15.2 Å². The predicted octanol–water partition coefficient (Wildman–Crippen LogP) is 5.06. The Morgan fingerprint density at radius 3 is 2.36 bits per heavy atom. The van der Waals surface area contributed by atoms with E-state index in [1.54, 1.807) is 0 Å². The first kappa shape index (κ1) is 18.2. The van der Waals surface area contributed by atoms with Crippen LogP contribution >= 0.6 is 0 Å². The molecule has 1 aliphatic carbocycles. The van der Waals surface area contributed by atoms with E-state index in [4.69, 9.17) is 4.52 Å². The fourth-order valence-electron chi connectivity index (χ4n) is 3.44. The number of benzene rings is 2. The van der Waals surface area contributed by atoms with Crippen molar-refractivity contribution in [2.75, 3.05) is 5.32 Å². The summed E-state index contributed by atoms with van der Waals surface area (Å²) in [6.07, 6.45) is 3.03. The maximum absolute atomic E-state index is 12.6. The number of rotatable bonds is 5. The third-order valence-electron chi connectivity index (χ3n) is 5.23. The van der Waals surface area contributed by atoms with E-state index in [1.807, 2.05) is 56.3 Å². The van der Waals surface area contributed by atoms with E-state index in [-0.39, 0.29) is 17.5 Å². The highest BCUT2D eigenvalue weighted by Crippen LogP contribution is 2.41. The summed E-state index contributed by atoms with van der Waals surface area (Å²) in [6, 6.07) is 17.4. The van der Waals surface area contributed by atoms with E-state index in [0.717, 1.165) is 30.4 Å². The first-order valence-electron chi connectivity index (χ1n) is 9.64. The number of anilines is 1. The maximum atomic E-state index is 12.6. The van der Waals surface area contributed by atoms with Crippen molar-refractivity contribution in [1.29, 1.82) is 0 Å². The van der Waals surface area contributed by atoms with Gasteiger partial charge in [0.05, 0.1) is 5.54 Å². The van der Waals surface area contributed by atoms with Crippen LogP contribution in [0.2, 0.25) is 0 Å². The molecule has 1 aliphatic rings. The van der Waals surface area contributed by atoms with Gasteiger partial charge >= 0.3 is 6.03 Å². The summed E-state index contributed by atoms with van der Waals surface area (Å²) in [5, 5.41) is 10.1. The highest BCUT2D eigenvalue weighted by Gasteiger charge is 2.39. The van der Waals surface area contributed by atoms with Crippen molar-refractivity contribution in [1.82, 2.24) is 15.5 Å². The molecular weight excluding hydrogens is 352 g/mol. The van der Waals surface area contributed by atoms with Crippen LogP contribution < -0.4 is 10.6 Å². The van der Waals surface area contributed by atoms with Crippen molar-refractivity contribution < 1.29 is 9.32 Å². The number of amides is 2. The monoisotopic (exact) mass is 376 g/mol. The van der Waals surface area contributed by atoms with Crippen LogP contribution in [0.3, 0.4) is 0 Å². The fraction of sp³-hybridized carbons (Fsp3) is 0.318. The number of hydrogen-bond acceptors (Lipinski definition) is 4. The standard InChI is InChI=1S/C22H24N4O2/c1-15(2)19-24-20(28-26-19)16-9-11-18(12-10-16)23-21(27)25-22(13-6-14-22)17-7-4-3-5-8-17/h3-5,7-12,15H,6,13-14H2,1-2H3,(H2,23,25,27). The Balaban J connectivity index is 1.42. The second-order valence-electron chi connectivity index (χ2n) is 7.57. The zero-order valence-electron chi connectivity index (χ0n) is 16.1. The van der Waals surface area contributed by atoms with E-state index < -0.39 is 0 Å². The second kappa shape index (κ2) is 7.46. The Kier molecular flexibility index (Phi) is 4.86. The lowest BCUT2D eigenvalue weighted by Crippen LogP contribution is -2.52. The van der Waals surface area contributed by atoms with Crippen molar-refractivity contribution in [3.05, 3.63) is 66.0 Å². The molecule has 1 saturated carbocycles. The largest absolute Gasteiger partial charge is 0.334 e. The first-order chi connectivity index (χ1) is 13.6. The lowest BCUT2D eigenvalue weighted by atomic mass is 9.72. The highest BCUT2D eigenvalue weighted by molar-refractivity contribution is 5.90. The van der Waals surface area contributed by atoms with Gasteiger partial charge in [-0.3, -0.25) is 0 Å². The lowest BCUT2D eigenvalue weighted by Gasteiger charge is -2.43. The Morgan fingerprint density at radius 2 is 1.79 bits per heavy atom. The Hall–Kier alpha value is -3.15. The molecule has 1 heterocycles. The highest BCUT2D eigenvalue weighted by atomic mass is 16.5. The normalized spacial score (nSPS) is 15.1. The van der Waals surface area contributed by atoms with Gasteiger partial charge in [0.1, 0.15) is 0 Å². The molecule has 0 radical (unpaired) electrons. The first-order valence-corrected chi connectivity index (χ1v) is 9.64. The van der Waals surface area contributed by atoms with Gasteiger partial charge in [0.2, 0.25) is 0 Å². The predicted molar refractivity (Wildman–Crippen MR) is 108 cm³/mol. The van der Waals surface area contributed by atoms with E-state index in [2.05, 4.69) is 32.9 Å². The number of nitrogens with one attached hydrogen (secondary N) is 2. The quantitative estimate of drug-likeness (QED) is 0.652. The topological polar surface area (TPSA) is 80.0 Å². The molecule has 0 saturated heterocycles. The van der Waals surface area contributed by atoms with Crippen LogP contribution in [0.4, 0.5) is 10.5 Å². The summed E-state index contributed by atoms with van der Waals surface area (Å²) in [5.41, 5.74) is 2.43. The van der Waals surface area contributed by atoms with Gasteiger partial charge in [-0.15, -0.1) is 0 Å². The van der Waals surface area contributed by atoms with Crippen molar-refractivity contribution in [3.8, 4) is 11.5 Å². The molecule has 6 heteroatoms. The van der Waals surface area contributed by atoms with Crippen molar-refractivity contribution in [2.24, 2.45) is 0 Å². The van der Waals surface area contributed by atoms with Gasteiger partial charge in [-0.05, 0) is 49.1 Å². The molecular formula is C22H24N4O2. The summed E-state index contributed by atoms with van der Waals surface area (Å²) < 4.78 is 5.31. The minimum absolute atomic E-state index is 0.198. The SMILES string of the molecule is CC(C)c1noc(-c2ccc(NC(=O)NC3(c4ccccc4)CCC3)cc2)n1. The molecule has 1 aromatic heterocycles. The molecule has 1 fully saturated rings. The molecule has 28 heavy (non-hydrogen) atoms. The zero-order chi connectivity index (χ0) is 19.6. The van der Waals surface area contributed by atoms with E-state index in [1.165, 1.54) is 0 Å². The number of urea groups is 1. The third-order valence-corrected chi connectivity index (χ3v) is 5.23. The number of hydrogen-bond donors (Lipinski definition) is 2. The summed E-state index contributed by atoms with van der Waals surface area (Å²) >= 11 is 0. The van der Waals surface area contributed by atoms with Crippen LogP contribution in [0.5, 0.6) is 0 Å². The Morgan fingerprint density at radius 1 is 1.07 bits per heavy atom. The van der Waals surface area contributed by atoms with Crippen molar-refractivity contribution in [3.63, 3.8) is 0 Å². The average molecular weight is 376 g/mol. The van der Waals surface area contributed by atoms with E-state index in [0.29, 0.717) is 17.4 Å². The van der Waals surface area contributed by atoms with Gasteiger partial charge in [0, 0.05) is 17.2 Å². The molecule has 0 bridgehead atoms. The number of aromatic nitrogens is 2. The van der Waals surface area contributed by atoms with Crippen LogP contribution in [-0.4, -0.2) is 16.2 Å². The average Bonchev–Trinajstić information content (AvgIpc) is 3.16. The smallest absolute Gasteiger partial charge is 0.319 e. The molecule has 2 N–H and O–H groups in total. The minimum Gasteiger partial charge on any atom is -0.334 e. The molecule has 6 nitrogen and oxygen atoms in total. The fourth-order valence-corrected chi connectivity index (χ4v) is 3.44. The summed E-state index contributed by atoms with van der Waals surface area (Å²) in [6.45, 7) is 4.04. The maximum Gasteiger partial charge on any atom is 0.319 e. The molecule has 4 rings (SSSR count). The number of carbonyl (C=O) groups excluding carboxylic acids is 1. The number of nitrogens with zero attached hydrogens (tertiary/aromatic N) is 2. The van der Waals surface area contributed by atoms with Gasteiger partial charge in [0.15, 0.2) is 5.82 Å². The molecule has 0 atom stereocenters. The molecule has 2 amide bonds. The summed E-state index contributed by atoms with van der Waals surface area (Å²) in [4.78, 5) is 17.0. The summed E-state index contributed by atoms with van der Waals surface area (Å²) in [5.74, 6) is 1.38. The Bertz CT molecular complexity index is 944. The van der Waals surface area contributed by atoms with E-state index in [9.17, 15) is 4.79 Å². The number of carbonyl (C=O) groups is 1. The molecule has 0 unspecified atom stereocenters. The van der Waals surface area contributed by atoms with Crippen molar-refractivity contribution >= 4 is 11.7 Å². The second-order valence-corrected chi connectivity index (χ2v) is 7.57. The lowest BCUT2D eigenvalue weighted by molar-refractivity contribution is 0.185. The minimum atomic E-state index is -0.262. The summed E-state index contributed by atoms with van der Waals surface area (Å²) in [7, 11) is 0. The van der Waals surface area contributed by atoms with Crippen LogP contribution in [0.15, 0.2) is 59.1 Å². The van der Waals surface area contributed by atoms with Gasteiger partial charge in [-0.2, -0.15) is 4.98 Å². The molecule has 2 aromatic carbocycles. The Labute approximate surface area is 164 Å². The molecule has 3 aromatic rings. The van der Waals surface area contributed by atoms with Crippen LogP contribution in [0, 0.1) is 0 Å². The molecule has 0 aliphatic heterocycles. The van der Waals surface area contributed by atoms with Crippen LogP contribution in [0.1, 0.15) is 50.4 Å².